The van der Waals surface area contributed by atoms with Gasteiger partial charge >= 0.3 is 0 Å². The van der Waals surface area contributed by atoms with E-state index in [2.05, 4.69) is 46.1 Å². The molecule has 0 aliphatic heterocycles. The summed E-state index contributed by atoms with van der Waals surface area (Å²) < 4.78 is 1.82. The predicted molar refractivity (Wildman–Crippen MR) is 105 cm³/mol. The minimum Gasteiger partial charge on any atom is -0.310 e. The highest BCUT2D eigenvalue weighted by Gasteiger charge is 2.33. The van der Waals surface area contributed by atoms with Crippen LogP contribution in [0.5, 0.6) is 0 Å². The molecule has 1 aromatic carbocycles. The third-order valence-corrected chi connectivity index (χ3v) is 5.37. The molecular weight excluding hydrogens is 324 g/mol. The zero-order chi connectivity index (χ0) is 18.4. The van der Waals surface area contributed by atoms with Gasteiger partial charge in [0.25, 0.3) is 0 Å². The van der Waals surface area contributed by atoms with Crippen LogP contribution in [0.15, 0.2) is 42.6 Å². The smallest absolute Gasteiger partial charge is 0.239 e. The summed E-state index contributed by atoms with van der Waals surface area (Å²) in [5, 5.41) is 10.6. The van der Waals surface area contributed by atoms with Gasteiger partial charge in [0, 0.05) is 24.1 Å². The first kappa shape index (κ1) is 18.6. The van der Waals surface area contributed by atoms with Crippen molar-refractivity contribution in [2.45, 2.75) is 57.4 Å². The second-order valence-corrected chi connectivity index (χ2v) is 7.61. The molecule has 5 heteroatoms. The van der Waals surface area contributed by atoms with Gasteiger partial charge in [-0.1, -0.05) is 49.6 Å². The first-order valence-corrected chi connectivity index (χ1v) is 9.70. The van der Waals surface area contributed by atoms with Gasteiger partial charge in [0.05, 0.1) is 12.7 Å². The van der Waals surface area contributed by atoms with Crippen molar-refractivity contribution in [2.75, 3.05) is 18.4 Å². The number of rotatable bonds is 7. The fraction of sp³-hybridized carbons (Fsp3) is 0.524. The van der Waals surface area contributed by atoms with Gasteiger partial charge in [-0.2, -0.15) is 5.10 Å². The number of carbonyl (C=O) groups is 1. The number of nitrogens with one attached hydrogen (secondary N) is 2. The quantitative estimate of drug-likeness (QED) is 0.793. The zero-order valence-corrected chi connectivity index (χ0v) is 15.9. The van der Waals surface area contributed by atoms with E-state index < -0.39 is 0 Å². The Kier molecular flexibility index (Phi) is 6.09. The molecule has 5 nitrogen and oxygen atoms in total. The van der Waals surface area contributed by atoms with Gasteiger partial charge < -0.3 is 10.6 Å². The van der Waals surface area contributed by atoms with Gasteiger partial charge in [0.15, 0.2) is 0 Å². The fourth-order valence-corrected chi connectivity index (χ4v) is 4.01. The van der Waals surface area contributed by atoms with Crippen LogP contribution in [0.2, 0.25) is 0 Å². The Labute approximate surface area is 156 Å². The van der Waals surface area contributed by atoms with Crippen LogP contribution in [-0.2, 0) is 10.2 Å². The van der Waals surface area contributed by atoms with Crippen LogP contribution in [0.1, 0.15) is 57.6 Å². The SMILES string of the molecule is CC(C)n1nccc1NC(=O)CNCC1(c2ccccc2)CCCCC1. The molecule has 2 aromatic rings. The number of anilines is 1. The van der Waals surface area contributed by atoms with Gasteiger partial charge in [0.1, 0.15) is 5.82 Å². The average Bonchev–Trinajstić information content (AvgIpc) is 3.11. The lowest BCUT2D eigenvalue weighted by molar-refractivity contribution is -0.115. The lowest BCUT2D eigenvalue weighted by atomic mass is 9.69. The summed E-state index contributed by atoms with van der Waals surface area (Å²) in [7, 11) is 0. The van der Waals surface area contributed by atoms with Crippen molar-refractivity contribution >= 4 is 11.7 Å². The first-order valence-electron chi connectivity index (χ1n) is 9.70. The topological polar surface area (TPSA) is 59.0 Å². The molecule has 0 radical (unpaired) electrons. The first-order chi connectivity index (χ1) is 12.6. The van der Waals surface area contributed by atoms with Crippen molar-refractivity contribution in [3.63, 3.8) is 0 Å². The van der Waals surface area contributed by atoms with Crippen LogP contribution in [0.25, 0.3) is 0 Å². The largest absolute Gasteiger partial charge is 0.310 e. The summed E-state index contributed by atoms with van der Waals surface area (Å²) in [4.78, 5) is 12.4. The van der Waals surface area contributed by atoms with Crippen LogP contribution >= 0.6 is 0 Å². The molecule has 140 valence electrons. The molecule has 3 rings (SSSR count). The van der Waals surface area contributed by atoms with Crippen molar-refractivity contribution < 1.29 is 4.79 Å². The highest BCUT2D eigenvalue weighted by Crippen LogP contribution is 2.38. The van der Waals surface area contributed by atoms with Gasteiger partial charge in [-0.15, -0.1) is 0 Å². The molecule has 1 aromatic heterocycles. The molecular formula is C21H30N4O. The highest BCUT2D eigenvalue weighted by molar-refractivity contribution is 5.91. The predicted octanol–water partition coefficient (Wildman–Crippen LogP) is 3.89. The van der Waals surface area contributed by atoms with Crippen molar-refractivity contribution in [2.24, 2.45) is 0 Å². The van der Waals surface area contributed by atoms with E-state index in [0.29, 0.717) is 6.54 Å². The maximum absolute atomic E-state index is 12.4. The zero-order valence-electron chi connectivity index (χ0n) is 15.9. The summed E-state index contributed by atoms with van der Waals surface area (Å²) in [6, 6.07) is 12.8. The number of amides is 1. The molecule has 0 bridgehead atoms. The minimum atomic E-state index is -0.0218. The molecule has 0 saturated heterocycles. The van der Waals surface area contributed by atoms with Gasteiger partial charge in [0.2, 0.25) is 5.91 Å². The van der Waals surface area contributed by atoms with Crippen LogP contribution in [0, 0.1) is 0 Å². The van der Waals surface area contributed by atoms with E-state index in [0.717, 1.165) is 12.4 Å². The Hall–Kier alpha value is -2.14. The Balaban J connectivity index is 1.58. The van der Waals surface area contributed by atoms with Gasteiger partial charge in [-0.25, -0.2) is 4.68 Å². The molecule has 26 heavy (non-hydrogen) atoms. The van der Waals surface area contributed by atoms with Crippen molar-refractivity contribution in [1.82, 2.24) is 15.1 Å². The third kappa shape index (κ3) is 4.33. The van der Waals surface area contributed by atoms with Crippen molar-refractivity contribution in [3.8, 4) is 0 Å². The maximum Gasteiger partial charge on any atom is 0.239 e. The lowest BCUT2D eigenvalue weighted by Crippen LogP contribution is -2.42. The van der Waals surface area contributed by atoms with E-state index in [9.17, 15) is 4.79 Å². The summed E-state index contributed by atoms with van der Waals surface area (Å²) in [6.45, 7) is 5.26. The summed E-state index contributed by atoms with van der Waals surface area (Å²) >= 11 is 0. The molecule has 1 heterocycles. The maximum atomic E-state index is 12.4. The summed E-state index contributed by atoms with van der Waals surface area (Å²) in [5.41, 5.74) is 1.55. The monoisotopic (exact) mass is 354 g/mol. The number of nitrogens with zero attached hydrogens (tertiary/aromatic N) is 2. The summed E-state index contributed by atoms with van der Waals surface area (Å²) in [6.07, 6.45) is 7.92. The fourth-order valence-electron chi connectivity index (χ4n) is 4.01. The van der Waals surface area contributed by atoms with E-state index in [1.807, 2.05) is 24.6 Å². The van der Waals surface area contributed by atoms with Crippen LogP contribution in [0.4, 0.5) is 5.82 Å². The molecule has 0 unspecified atom stereocenters. The molecule has 2 N–H and O–H groups in total. The van der Waals surface area contributed by atoms with Crippen molar-refractivity contribution in [1.29, 1.82) is 0 Å². The number of hydrogen-bond donors (Lipinski definition) is 2. The second-order valence-electron chi connectivity index (χ2n) is 7.61. The molecule has 1 saturated carbocycles. The van der Waals surface area contributed by atoms with E-state index in [4.69, 9.17) is 0 Å². The van der Waals surface area contributed by atoms with E-state index in [1.54, 1.807) is 6.20 Å². The molecule has 1 aliphatic rings. The molecule has 1 aliphatic carbocycles. The minimum absolute atomic E-state index is 0.0218. The van der Waals surface area contributed by atoms with E-state index >= 15 is 0 Å². The van der Waals surface area contributed by atoms with E-state index in [-0.39, 0.29) is 17.4 Å². The Morgan fingerprint density at radius 2 is 1.88 bits per heavy atom. The van der Waals surface area contributed by atoms with Crippen LogP contribution in [0.3, 0.4) is 0 Å². The number of benzene rings is 1. The van der Waals surface area contributed by atoms with E-state index in [1.165, 1.54) is 37.7 Å². The Morgan fingerprint density at radius 3 is 2.58 bits per heavy atom. The van der Waals surface area contributed by atoms with Gasteiger partial charge in [-0.05, 0) is 32.3 Å². The number of hydrogen-bond acceptors (Lipinski definition) is 3. The van der Waals surface area contributed by atoms with Crippen LogP contribution in [-0.4, -0.2) is 28.8 Å². The normalized spacial score (nSPS) is 16.6. The molecule has 0 atom stereocenters. The molecule has 0 spiro atoms. The number of carbonyl (C=O) groups excluding carboxylic acids is 1. The average molecular weight is 354 g/mol. The number of aromatic nitrogens is 2. The van der Waals surface area contributed by atoms with Crippen molar-refractivity contribution in [3.05, 3.63) is 48.2 Å². The van der Waals surface area contributed by atoms with Gasteiger partial charge in [-0.3, -0.25) is 4.79 Å². The summed E-state index contributed by atoms with van der Waals surface area (Å²) in [5.74, 6) is 0.730. The molecule has 1 amide bonds. The molecule has 1 fully saturated rings. The second kappa shape index (κ2) is 8.49. The standard InChI is InChI=1S/C21H30N4O/c1-17(2)25-19(11-14-23-25)24-20(26)15-22-16-21(12-7-4-8-13-21)18-9-5-3-6-10-18/h3,5-6,9-11,14,17,22H,4,7-8,12-13,15-16H2,1-2H3,(H,24,26). The Bertz CT molecular complexity index is 702. The highest BCUT2D eigenvalue weighted by atomic mass is 16.2. The third-order valence-electron chi connectivity index (χ3n) is 5.37. The Morgan fingerprint density at radius 1 is 1.15 bits per heavy atom. The lowest BCUT2D eigenvalue weighted by Gasteiger charge is -2.38. The van der Waals surface area contributed by atoms with Crippen LogP contribution < -0.4 is 10.6 Å².